The lowest BCUT2D eigenvalue weighted by Gasteiger charge is -2.35. The molecule has 1 aromatic rings. The number of anilines is 2. The lowest BCUT2D eigenvalue weighted by Crippen LogP contribution is -2.57. The van der Waals surface area contributed by atoms with Crippen LogP contribution in [0.2, 0.25) is 5.02 Å². The average molecular weight is 312 g/mol. The van der Waals surface area contributed by atoms with Crippen molar-refractivity contribution in [2.24, 2.45) is 0 Å². The van der Waals surface area contributed by atoms with Crippen molar-refractivity contribution in [2.45, 2.75) is 13.0 Å². The Balaban J connectivity index is 2.58. The summed E-state index contributed by atoms with van der Waals surface area (Å²) in [5.41, 5.74) is 6.33. The summed E-state index contributed by atoms with van der Waals surface area (Å²) in [5.74, 6) is -1.58. The number of hydrogen-bond donors (Lipinski definition) is 2. The monoisotopic (exact) mass is 311 g/mol. The van der Waals surface area contributed by atoms with E-state index < -0.39 is 23.8 Å². The zero-order valence-corrected chi connectivity index (χ0v) is 12.2. The number of piperazine rings is 1. The van der Waals surface area contributed by atoms with Crippen LogP contribution in [0.15, 0.2) is 12.1 Å². The summed E-state index contributed by atoms with van der Waals surface area (Å²) < 4.78 is 4.70. The van der Waals surface area contributed by atoms with Gasteiger partial charge in [-0.25, -0.2) is 4.79 Å². The van der Waals surface area contributed by atoms with E-state index in [1.165, 1.54) is 24.1 Å². The normalized spacial score (nSPS) is 18.4. The number of nitrogens with two attached hydrogens (primary N) is 1. The Morgan fingerprint density at radius 2 is 2.14 bits per heavy atom. The van der Waals surface area contributed by atoms with Crippen LogP contribution in [0.25, 0.3) is 0 Å². The van der Waals surface area contributed by atoms with Crippen LogP contribution < -0.4 is 16.0 Å². The van der Waals surface area contributed by atoms with Gasteiger partial charge >= 0.3 is 5.97 Å². The molecule has 8 heteroatoms. The predicted octanol–water partition coefficient (Wildman–Crippen LogP) is 0.560. The minimum atomic E-state index is -0.660. The molecule has 0 radical (unpaired) electrons. The Morgan fingerprint density at radius 1 is 1.48 bits per heavy atom. The number of carbonyl (C=O) groups excluding carboxylic acids is 3. The van der Waals surface area contributed by atoms with E-state index in [2.05, 4.69) is 5.32 Å². The van der Waals surface area contributed by atoms with Crippen molar-refractivity contribution >= 4 is 40.8 Å². The summed E-state index contributed by atoms with van der Waals surface area (Å²) in [4.78, 5) is 36.7. The van der Waals surface area contributed by atoms with Crippen LogP contribution in [-0.2, 0) is 14.3 Å². The van der Waals surface area contributed by atoms with Crippen molar-refractivity contribution in [1.82, 2.24) is 5.32 Å². The molecule has 1 fully saturated rings. The van der Waals surface area contributed by atoms with Gasteiger partial charge in [-0.1, -0.05) is 11.6 Å². The molecule has 0 aromatic heterocycles. The maximum absolute atomic E-state index is 11.9. The second kappa shape index (κ2) is 5.61. The van der Waals surface area contributed by atoms with Gasteiger partial charge in [0.25, 0.3) is 0 Å². The lowest BCUT2D eigenvalue weighted by atomic mass is 10.1. The third-order valence-electron chi connectivity index (χ3n) is 3.20. The van der Waals surface area contributed by atoms with Gasteiger partial charge in [0.15, 0.2) is 0 Å². The van der Waals surface area contributed by atoms with Gasteiger partial charge in [-0.15, -0.1) is 0 Å². The molecule has 0 saturated carbocycles. The number of nitrogens with one attached hydrogen (secondary N) is 1. The minimum absolute atomic E-state index is 0.0967. The van der Waals surface area contributed by atoms with Crippen molar-refractivity contribution in [2.75, 3.05) is 24.3 Å². The zero-order valence-electron chi connectivity index (χ0n) is 11.5. The van der Waals surface area contributed by atoms with E-state index in [1.807, 2.05) is 0 Å². The largest absolute Gasteiger partial charge is 0.465 e. The van der Waals surface area contributed by atoms with Gasteiger partial charge < -0.3 is 15.4 Å². The second-order valence-corrected chi connectivity index (χ2v) is 5.01. The molecular weight excluding hydrogens is 298 g/mol. The molecule has 21 heavy (non-hydrogen) atoms. The van der Waals surface area contributed by atoms with E-state index in [0.29, 0.717) is 0 Å². The van der Waals surface area contributed by atoms with E-state index in [4.69, 9.17) is 22.1 Å². The Bertz CT molecular complexity index is 632. The molecule has 2 rings (SSSR count). The van der Waals surface area contributed by atoms with E-state index in [0.717, 1.165) is 0 Å². The van der Waals surface area contributed by atoms with Crippen LogP contribution in [0.3, 0.4) is 0 Å². The number of nitrogen functional groups attached to an aromatic ring is 1. The van der Waals surface area contributed by atoms with Crippen LogP contribution in [-0.4, -0.2) is 37.5 Å². The molecular formula is C13H14ClN3O4. The quantitative estimate of drug-likeness (QED) is 0.470. The molecule has 1 aliphatic heterocycles. The number of hydrogen-bond acceptors (Lipinski definition) is 6. The van der Waals surface area contributed by atoms with Gasteiger partial charge in [0, 0.05) is 5.69 Å². The molecule has 1 atom stereocenters. The summed E-state index contributed by atoms with van der Waals surface area (Å²) in [6, 6.07) is 2.19. The molecule has 1 aliphatic rings. The number of esters is 1. The molecule has 1 heterocycles. The minimum Gasteiger partial charge on any atom is -0.465 e. The molecule has 2 amide bonds. The van der Waals surface area contributed by atoms with Gasteiger partial charge in [-0.05, 0) is 19.1 Å². The second-order valence-electron chi connectivity index (χ2n) is 4.61. The molecule has 1 aromatic carbocycles. The van der Waals surface area contributed by atoms with Gasteiger partial charge in [0.05, 0.1) is 29.9 Å². The smallest absolute Gasteiger partial charge is 0.340 e. The summed E-state index contributed by atoms with van der Waals surface area (Å²) in [5, 5.41) is 2.39. The Morgan fingerprint density at radius 3 is 2.76 bits per heavy atom. The van der Waals surface area contributed by atoms with Crippen molar-refractivity contribution in [3.05, 3.63) is 22.7 Å². The summed E-state index contributed by atoms with van der Waals surface area (Å²) in [6.07, 6.45) is 0. The van der Waals surface area contributed by atoms with Crippen molar-refractivity contribution in [3.8, 4) is 0 Å². The summed E-state index contributed by atoms with van der Waals surface area (Å²) >= 11 is 6.16. The molecule has 112 valence electrons. The van der Waals surface area contributed by atoms with Crippen molar-refractivity contribution in [3.63, 3.8) is 0 Å². The summed E-state index contributed by atoms with van der Waals surface area (Å²) in [6.45, 7) is 1.51. The summed E-state index contributed by atoms with van der Waals surface area (Å²) in [7, 11) is 1.22. The molecule has 0 bridgehead atoms. The first kappa shape index (κ1) is 15.1. The van der Waals surface area contributed by atoms with Crippen LogP contribution in [0.5, 0.6) is 0 Å². The van der Waals surface area contributed by atoms with Crippen molar-refractivity contribution in [1.29, 1.82) is 0 Å². The topological polar surface area (TPSA) is 102 Å². The number of benzene rings is 1. The molecule has 0 aliphatic carbocycles. The highest BCUT2D eigenvalue weighted by Crippen LogP contribution is 2.34. The fourth-order valence-electron chi connectivity index (χ4n) is 2.16. The van der Waals surface area contributed by atoms with E-state index in [1.54, 1.807) is 6.92 Å². The maximum atomic E-state index is 11.9. The van der Waals surface area contributed by atoms with Crippen LogP contribution in [0, 0.1) is 0 Å². The van der Waals surface area contributed by atoms with Gasteiger partial charge in [-0.2, -0.15) is 0 Å². The van der Waals surface area contributed by atoms with E-state index >= 15 is 0 Å². The Hall–Kier alpha value is -2.28. The number of carbonyl (C=O) groups is 3. The molecule has 0 spiro atoms. The number of nitrogens with zero attached hydrogens (tertiary/aromatic N) is 1. The van der Waals surface area contributed by atoms with Gasteiger partial charge in [0.1, 0.15) is 6.04 Å². The van der Waals surface area contributed by atoms with Gasteiger partial charge in [-0.3, -0.25) is 14.9 Å². The van der Waals surface area contributed by atoms with Crippen molar-refractivity contribution < 1.29 is 19.1 Å². The number of ether oxygens (including phenoxy) is 1. The first-order valence-corrected chi connectivity index (χ1v) is 6.50. The van der Waals surface area contributed by atoms with E-state index in [-0.39, 0.29) is 28.5 Å². The van der Waals surface area contributed by atoms with Crippen LogP contribution in [0.4, 0.5) is 11.4 Å². The lowest BCUT2D eigenvalue weighted by molar-refractivity contribution is -0.132. The molecule has 3 N–H and O–H groups in total. The zero-order chi connectivity index (χ0) is 15.7. The highest BCUT2D eigenvalue weighted by Gasteiger charge is 2.34. The fraction of sp³-hybridized carbons (Fsp3) is 0.308. The predicted molar refractivity (Wildman–Crippen MR) is 77.2 cm³/mol. The highest BCUT2D eigenvalue weighted by atomic mass is 35.5. The van der Waals surface area contributed by atoms with E-state index in [9.17, 15) is 14.4 Å². The maximum Gasteiger partial charge on any atom is 0.340 e. The number of methoxy groups -OCH3 is 1. The van der Waals surface area contributed by atoms with Crippen LogP contribution >= 0.6 is 11.6 Å². The number of amides is 2. The molecule has 7 nitrogen and oxygen atoms in total. The standard InChI is InChI=1S/C13H14ClN3O4/c1-6-12(19)16-10(18)5-17(6)11-8(13(20)21-2)3-7(15)4-9(11)14/h3-4,6H,5,15H2,1-2H3,(H,16,18,19). The van der Waals surface area contributed by atoms with Crippen LogP contribution in [0.1, 0.15) is 17.3 Å². The SMILES string of the molecule is COC(=O)c1cc(N)cc(Cl)c1N1CC(=O)NC(=O)C1C. The number of halogens is 1. The first-order chi connectivity index (χ1) is 9.85. The third-order valence-corrected chi connectivity index (χ3v) is 3.49. The highest BCUT2D eigenvalue weighted by molar-refractivity contribution is 6.34. The Labute approximate surface area is 126 Å². The third kappa shape index (κ3) is 2.78. The first-order valence-electron chi connectivity index (χ1n) is 6.12. The fourth-order valence-corrected chi connectivity index (χ4v) is 2.50. The number of imide groups is 1. The molecule has 1 saturated heterocycles. The van der Waals surface area contributed by atoms with Gasteiger partial charge in [0.2, 0.25) is 11.8 Å². The molecule has 1 unspecified atom stereocenters. The average Bonchev–Trinajstić information content (AvgIpc) is 2.41. The Kier molecular flexibility index (Phi) is 4.04. The number of rotatable bonds is 2.